The third-order valence-corrected chi connectivity index (χ3v) is 2.39. The third kappa shape index (κ3) is 4.68. The molecule has 6 heteroatoms. The summed E-state index contributed by atoms with van der Waals surface area (Å²) in [6.07, 6.45) is 0.304. The number of carbonyl (C=O) groups excluding carboxylic acids is 1. The highest BCUT2D eigenvalue weighted by molar-refractivity contribution is 5.84. The molecule has 0 radical (unpaired) electrons. The van der Waals surface area contributed by atoms with Gasteiger partial charge in [-0.1, -0.05) is 6.92 Å². The van der Waals surface area contributed by atoms with Crippen molar-refractivity contribution in [1.29, 1.82) is 5.26 Å². The van der Waals surface area contributed by atoms with Gasteiger partial charge in [0.2, 0.25) is 0 Å². The summed E-state index contributed by atoms with van der Waals surface area (Å²) in [5, 5.41) is 19.7. The second kappa shape index (κ2) is 7.01. The summed E-state index contributed by atoms with van der Waals surface area (Å²) in [7, 11) is 0. The van der Waals surface area contributed by atoms with Gasteiger partial charge in [-0.05, 0) is 30.7 Å². The minimum Gasteiger partial charge on any atom is -0.484 e. The molecule has 1 atom stereocenters. The molecule has 0 bridgehead atoms. The lowest BCUT2D eigenvalue weighted by Crippen LogP contribution is -2.42. The largest absolute Gasteiger partial charge is 0.484 e. The predicted octanol–water partition coefficient (Wildman–Crippen LogP) is 0.916. The molecule has 0 spiro atoms. The van der Waals surface area contributed by atoms with Gasteiger partial charge in [0.05, 0.1) is 11.6 Å². The fraction of sp³-hybridized carbons (Fsp3) is 0.308. The van der Waals surface area contributed by atoms with Crippen LogP contribution in [0.15, 0.2) is 24.3 Å². The Balaban J connectivity index is 2.45. The average molecular weight is 262 g/mol. The molecule has 100 valence electrons. The highest BCUT2D eigenvalue weighted by Gasteiger charge is 2.17. The van der Waals surface area contributed by atoms with Crippen molar-refractivity contribution < 1.29 is 19.4 Å². The molecule has 0 aliphatic rings. The van der Waals surface area contributed by atoms with Crippen LogP contribution in [-0.4, -0.2) is 29.6 Å². The van der Waals surface area contributed by atoms with Gasteiger partial charge in [0.15, 0.2) is 6.61 Å². The molecule has 0 aliphatic carbocycles. The standard InChI is InChI=1S/C13H14N2O4/c1-2-11(13(17)18)15-12(16)8-19-10-5-3-9(7-14)4-6-10/h3-6,11H,2,8H2,1H3,(H,15,16)(H,17,18). The molecule has 19 heavy (non-hydrogen) atoms. The number of ether oxygens (including phenoxy) is 1. The van der Waals surface area contributed by atoms with Crippen molar-refractivity contribution in [3.8, 4) is 11.8 Å². The van der Waals surface area contributed by atoms with Crippen LogP contribution in [0, 0.1) is 11.3 Å². The molecule has 0 fully saturated rings. The molecular weight excluding hydrogens is 248 g/mol. The van der Waals surface area contributed by atoms with Crippen molar-refractivity contribution in [1.82, 2.24) is 5.32 Å². The van der Waals surface area contributed by atoms with E-state index in [1.807, 2.05) is 6.07 Å². The van der Waals surface area contributed by atoms with E-state index in [-0.39, 0.29) is 6.61 Å². The normalized spacial score (nSPS) is 11.2. The lowest BCUT2D eigenvalue weighted by atomic mass is 10.2. The van der Waals surface area contributed by atoms with Crippen molar-refractivity contribution in [3.05, 3.63) is 29.8 Å². The van der Waals surface area contributed by atoms with E-state index in [1.54, 1.807) is 31.2 Å². The van der Waals surface area contributed by atoms with Gasteiger partial charge >= 0.3 is 5.97 Å². The van der Waals surface area contributed by atoms with E-state index >= 15 is 0 Å². The second-order valence-electron chi connectivity index (χ2n) is 3.79. The van der Waals surface area contributed by atoms with Crippen LogP contribution in [0.1, 0.15) is 18.9 Å². The van der Waals surface area contributed by atoms with Crippen molar-refractivity contribution >= 4 is 11.9 Å². The van der Waals surface area contributed by atoms with Crippen LogP contribution in [-0.2, 0) is 9.59 Å². The summed E-state index contributed by atoms with van der Waals surface area (Å²) in [6.45, 7) is 1.40. The van der Waals surface area contributed by atoms with Crippen molar-refractivity contribution in [2.45, 2.75) is 19.4 Å². The number of hydrogen-bond donors (Lipinski definition) is 2. The molecule has 1 amide bonds. The van der Waals surface area contributed by atoms with E-state index in [9.17, 15) is 9.59 Å². The Morgan fingerprint density at radius 3 is 2.53 bits per heavy atom. The van der Waals surface area contributed by atoms with Gasteiger partial charge in [-0.15, -0.1) is 0 Å². The highest BCUT2D eigenvalue weighted by atomic mass is 16.5. The number of nitrogens with one attached hydrogen (secondary N) is 1. The van der Waals surface area contributed by atoms with Gasteiger partial charge < -0.3 is 15.2 Å². The van der Waals surface area contributed by atoms with Crippen molar-refractivity contribution in [2.75, 3.05) is 6.61 Å². The molecule has 6 nitrogen and oxygen atoms in total. The maximum Gasteiger partial charge on any atom is 0.326 e. The number of amides is 1. The van der Waals surface area contributed by atoms with Crippen LogP contribution >= 0.6 is 0 Å². The summed E-state index contributed by atoms with van der Waals surface area (Å²) in [4.78, 5) is 22.2. The molecule has 0 aliphatic heterocycles. The Morgan fingerprint density at radius 1 is 1.42 bits per heavy atom. The van der Waals surface area contributed by atoms with E-state index in [2.05, 4.69) is 5.32 Å². The number of nitriles is 1. The molecule has 0 heterocycles. The number of carbonyl (C=O) groups is 2. The quantitative estimate of drug-likeness (QED) is 0.794. The Kier molecular flexibility index (Phi) is 5.35. The van der Waals surface area contributed by atoms with Crippen LogP contribution in [0.4, 0.5) is 0 Å². The van der Waals surface area contributed by atoms with Gasteiger partial charge in [0.25, 0.3) is 5.91 Å². The highest BCUT2D eigenvalue weighted by Crippen LogP contribution is 2.11. The number of carboxylic acid groups (broad SMARTS) is 1. The Hall–Kier alpha value is -2.55. The Labute approximate surface area is 110 Å². The summed E-state index contributed by atoms with van der Waals surface area (Å²) in [5.41, 5.74) is 0.494. The SMILES string of the molecule is CCC(NC(=O)COc1ccc(C#N)cc1)C(=O)O. The zero-order valence-electron chi connectivity index (χ0n) is 10.4. The monoisotopic (exact) mass is 262 g/mol. The van der Waals surface area contributed by atoms with Gasteiger partial charge in [0, 0.05) is 0 Å². The number of aliphatic carboxylic acids is 1. The zero-order valence-corrected chi connectivity index (χ0v) is 10.4. The zero-order chi connectivity index (χ0) is 14.3. The number of rotatable bonds is 6. The lowest BCUT2D eigenvalue weighted by Gasteiger charge is -2.12. The van der Waals surface area contributed by atoms with E-state index in [0.717, 1.165) is 0 Å². The molecule has 1 aromatic rings. The first kappa shape index (κ1) is 14.5. The van der Waals surface area contributed by atoms with Gasteiger partial charge in [-0.25, -0.2) is 4.79 Å². The Bertz CT molecular complexity index is 490. The first-order valence-corrected chi connectivity index (χ1v) is 5.72. The van der Waals surface area contributed by atoms with Crippen LogP contribution in [0.25, 0.3) is 0 Å². The minimum absolute atomic E-state index is 0.268. The van der Waals surface area contributed by atoms with Gasteiger partial charge in [-0.2, -0.15) is 5.26 Å². The number of carboxylic acids is 1. The van der Waals surface area contributed by atoms with Crippen LogP contribution in [0.3, 0.4) is 0 Å². The summed E-state index contributed by atoms with van der Waals surface area (Å²) >= 11 is 0. The van der Waals surface area contributed by atoms with Crippen LogP contribution < -0.4 is 10.1 Å². The summed E-state index contributed by atoms with van der Waals surface area (Å²) < 4.78 is 5.18. The maximum absolute atomic E-state index is 11.5. The Morgan fingerprint density at radius 2 is 2.05 bits per heavy atom. The molecule has 1 unspecified atom stereocenters. The fourth-order valence-electron chi connectivity index (χ4n) is 1.35. The van der Waals surface area contributed by atoms with E-state index < -0.39 is 17.9 Å². The molecule has 2 N–H and O–H groups in total. The smallest absolute Gasteiger partial charge is 0.326 e. The first-order chi connectivity index (χ1) is 9.06. The summed E-state index contributed by atoms with van der Waals surface area (Å²) in [6, 6.07) is 7.34. The second-order valence-corrected chi connectivity index (χ2v) is 3.79. The maximum atomic E-state index is 11.5. The molecule has 0 saturated carbocycles. The number of hydrogen-bond acceptors (Lipinski definition) is 4. The fourth-order valence-corrected chi connectivity index (χ4v) is 1.35. The average Bonchev–Trinajstić information content (AvgIpc) is 2.42. The predicted molar refractivity (Wildman–Crippen MR) is 66.5 cm³/mol. The van der Waals surface area contributed by atoms with Crippen molar-refractivity contribution in [3.63, 3.8) is 0 Å². The molecule has 0 aromatic heterocycles. The van der Waals surface area contributed by atoms with Gasteiger partial charge in [-0.3, -0.25) is 4.79 Å². The number of benzene rings is 1. The van der Waals surface area contributed by atoms with Crippen LogP contribution in [0.2, 0.25) is 0 Å². The first-order valence-electron chi connectivity index (χ1n) is 5.72. The van der Waals surface area contributed by atoms with Gasteiger partial charge in [0.1, 0.15) is 11.8 Å². The third-order valence-electron chi connectivity index (χ3n) is 2.39. The van der Waals surface area contributed by atoms with Crippen LogP contribution in [0.5, 0.6) is 5.75 Å². The van der Waals surface area contributed by atoms with E-state index in [1.165, 1.54) is 0 Å². The molecule has 1 rings (SSSR count). The number of nitrogens with zero attached hydrogens (tertiary/aromatic N) is 1. The molecule has 0 saturated heterocycles. The minimum atomic E-state index is -1.07. The lowest BCUT2D eigenvalue weighted by molar-refractivity contribution is -0.142. The van der Waals surface area contributed by atoms with E-state index in [0.29, 0.717) is 17.7 Å². The van der Waals surface area contributed by atoms with Crippen molar-refractivity contribution in [2.24, 2.45) is 0 Å². The topological polar surface area (TPSA) is 99.4 Å². The summed E-state index contributed by atoms with van der Waals surface area (Å²) in [5.74, 6) is -1.13. The van der Waals surface area contributed by atoms with E-state index in [4.69, 9.17) is 15.1 Å². The molecule has 1 aromatic carbocycles. The molecular formula is C13H14N2O4.